The molecular formula is C19H23NO2. The minimum Gasteiger partial charge on any atom is -0.497 e. The van der Waals surface area contributed by atoms with Crippen LogP contribution in [0.15, 0.2) is 54.6 Å². The Morgan fingerprint density at radius 2 is 1.91 bits per heavy atom. The van der Waals surface area contributed by atoms with E-state index in [1.807, 2.05) is 36.4 Å². The molecule has 3 heteroatoms. The van der Waals surface area contributed by atoms with Crippen molar-refractivity contribution >= 4 is 6.29 Å². The summed E-state index contributed by atoms with van der Waals surface area (Å²) in [5, 5.41) is 0. The normalized spacial score (nSPS) is 13.4. The molecule has 3 nitrogen and oxygen atoms in total. The molecule has 1 unspecified atom stereocenters. The Kier molecular flexibility index (Phi) is 5.73. The van der Waals surface area contributed by atoms with Crippen LogP contribution < -0.4 is 10.5 Å². The van der Waals surface area contributed by atoms with Crippen LogP contribution in [0.3, 0.4) is 0 Å². The first-order valence-electron chi connectivity index (χ1n) is 7.56. The highest BCUT2D eigenvalue weighted by molar-refractivity contribution is 5.50. The monoisotopic (exact) mass is 297 g/mol. The molecule has 0 heterocycles. The van der Waals surface area contributed by atoms with Gasteiger partial charge in [0.25, 0.3) is 0 Å². The minimum atomic E-state index is -0.253. The van der Waals surface area contributed by atoms with Gasteiger partial charge in [-0.25, -0.2) is 0 Å². The SMILES string of the molecule is COc1cccc(C(CN)(CCC=O)Cc2ccccc2)c1. The van der Waals surface area contributed by atoms with Gasteiger partial charge in [0.05, 0.1) is 7.11 Å². The van der Waals surface area contributed by atoms with E-state index < -0.39 is 0 Å². The maximum absolute atomic E-state index is 10.9. The van der Waals surface area contributed by atoms with Crippen LogP contribution in [0.4, 0.5) is 0 Å². The summed E-state index contributed by atoms with van der Waals surface area (Å²) in [5.41, 5.74) is 8.26. The van der Waals surface area contributed by atoms with Gasteiger partial charge in [-0.2, -0.15) is 0 Å². The van der Waals surface area contributed by atoms with Gasteiger partial charge in [0.15, 0.2) is 0 Å². The number of carbonyl (C=O) groups is 1. The number of rotatable bonds is 8. The molecule has 0 aliphatic heterocycles. The Hall–Kier alpha value is -2.13. The fourth-order valence-electron chi connectivity index (χ4n) is 2.90. The Bertz CT molecular complexity index is 597. The smallest absolute Gasteiger partial charge is 0.120 e. The van der Waals surface area contributed by atoms with Crippen LogP contribution in [0.1, 0.15) is 24.0 Å². The molecule has 0 spiro atoms. The Balaban J connectivity index is 2.40. The summed E-state index contributed by atoms with van der Waals surface area (Å²) in [6.45, 7) is 0.489. The molecule has 116 valence electrons. The van der Waals surface area contributed by atoms with Crippen LogP contribution in [0.2, 0.25) is 0 Å². The van der Waals surface area contributed by atoms with Gasteiger partial charge in [-0.05, 0) is 36.1 Å². The first-order chi connectivity index (χ1) is 10.7. The molecule has 0 aliphatic carbocycles. The predicted molar refractivity (Wildman–Crippen MR) is 89.2 cm³/mol. The second kappa shape index (κ2) is 7.76. The van der Waals surface area contributed by atoms with Crippen molar-refractivity contribution in [2.24, 2.45) is 5.73 Å². The lowest BCUT2D eigenvalue weighted by Crippen LogP contribution is -2.37. The van der Waals surface area contributed by atoms with Crippen LogP contribution in [-0.2, 0) is 16.6 Å². The predicted octanol–water partition coefficient (Wildman–Crippen LogP) is 3.11. The van der Waals surface area contributed by atoms with Crippen LogP contribution in [0.5, 0.6) is 5.75 Å². The van der Waals surface area contributed by atoms with Gasteiger partial charge in [-0.1, -0.05) is 42.5 Å². The van der Waals surface area contributed by atoms with E-state index in [1.165, 1.54) is 5.56 Å². The summed E-state index contributed by atoms with van der Waals surface area (Å²) in [5.74, 6) is 0.814. The van der Waals surface area contributed by atoms with Gasteiger partial charge in [0.2, 0.25) is 0 Å². The molecule has 0 bridgehead atoms. The molecule has 2 rings (SSSR count). The van der Waals surface area contributed by atoms with Crippen molar-refractivity contribution in [1.82, 2.24) is 0 Å². The number of carbonyl (C=O) groups excluding carboxylic acids is 1. The lowest BCUT2D eigenvalue weighted by Gasteiger charge is -2.33. The molecule has 2 aromatic carbocycles. The van der Waals surface area contributed by atoms with Crippen LogP contribution >= 0.6 is 0 Å². The molecule has 0 aliphatic rings. The topological polar surface area (TPSA) is 52.3 Å². The lowest BCUT2D eigenvalue weighted by molar-refractivity contribution is -0.108. The molecule has 0 radical (unpaired) electrons. The Morgan fingerprint density at radius 1 is 1.14 bits per heavy atom. The molecule has 0 amide bonds. The highest BCUT2D eigenvalue weighted by atomic mass is 16.5. The molecule has 0 aromatic heterocycles. The van der Waals surface area contributed by atoms with Crippen molar-refractivity contribution < 1.29 is 9.53 Å². The van der Waals surface area contributed by atoms with Crippen molar-refractivity contribution in [3.05, 3.63) is 65.7 Å². The summed E-state index contributed by atoms with van der Waals surface area (Å²) in [6, 6.07) is 18.3. The van der Waals surface area contributed by atoms with Crippen LogP contribution in [0.25, 0.3) is 0 Å². The Morgan fingerprint density at radius 3 is 2.55 bits per heavy atom. The van der Waals surface area contributed by atoms with Crippen molar-refractivity contribution in [2.45, 2.75) is 24.7 Å². The third-order valence-electron chi connectivity index (χ3n) is 4.20. The zero-order valence-electron chi connectivity index (χ0n) is 13.0. The third-order valence-corrected chi connectivity index (χ3v) is 4.20. The van der Waals surface area contributed by atoms with Crippen molar-refractivity contribution in [2.75, 3.05) is 13.7 Å². The standard InChI is InChI=1S/C19H23NO2/c1-22-18-10-5-9-17(13-18)19(15-20,11-6-12-21)14-16-7-3-2-4-8-16/h2-5,7-10,12-13H,6,11,14-15,20H2,1H3. The third kappa shape index (κ3) is 3.74. The first kappa shape index (κ1) is 16.2. The van der Waals surface area contributed by atoms with Gasteiger partial charge >= 0.3 is 0 Å². The molecule has 2 N–H and O–H groups in total. The second-order valence-corrected chi connectivity index (χ2v) is 5.58. The average molecular weight is 297 g/mol. The van der Waals surface area contributed by atoms with Gasteiger partial charge in [-0.15, -0.1) is 0 Å². The largest absolute Gasteiger partial charge is 0.497 e. The maximum atomic E-state index is 10.9. The zero-order chi connectivity index (χ0) is 15.8. The highest BCUT2D eigenvalue weighted by Crippen LogP contribution is 2.34. The minimum absolute atomic E-state index is 0.253. The average Bonchev–Trinajstić information content (AvgIpc) is 2.59. The summed E-state index contributed by atoms with van der Waals surface area (Å²) >= 11 is 0. The maximum Gasteiger partial charge on any atom is 0.120 e. The molecule has 1 atom stereocenters. The zero-order valence-corrected chi connectivity index (χ0v) is 13.0. The van der Waals surface area contributed by atoms with Gasteiger partial charge < -0.3 is 15.3 Å². The van der Waals surface area contributed by atoms with E-state index in [0.29, 0.717) is 13.0 Å². The second-order valence-electron chi connectivity index (χ2n) is 5.58. The molecular weight excluding hydrogens is 274 g/mol. The lowest BCUT2D eigenvalue weighted by atomic mass is 9.72. The number of hydrogen-bond acceptors (Lipinski definition) is 3. The summed E-state index contributed by atoms with van der Waals surface area (Å²) in [6.07, 6.45) is 3.01. The molecule has 2 aromatic rings. The fourth-order valence-corrected chi connectivity index (χ4v) is 2.90. The fraction of sp³-hybridized carbons (Fsp3) is 0.316. The summed E-state index contributed by atoms with van der Waals surface area (Å²) < 4.78 is 5.34. The number of methoxy groups -OCH3 is 1. The van der Waals surface area contributed by atoms with Crippen LogP contribution in [0, 0.1) is 0 Å². The van der Waals surface area contributed by atoms with E-state index in [2.05, 4.69) is 18.2 Å². The number of nitrogens with two attached hydrogens (primary N) is 1. The molecule has 0 saturated heterocycles. The quantitative estimate of drug-likeness (QED) is 0.762. The van der Waals surface area contributed by atoms with Crippen LogP contribution in [-0.4, -0.2) is 19.9 Å². The summed E-state index contributed by atoms with van der Waals surface area (Å²) in [4.78, 5) is 10.9. The van der Waals surface area contributed by atoms with Gasteiger partial charge in [0.1, 0.15) is 12.0 Å². The number of aldehydes is 1. The Labute approximate surface area is 132 Å². The van der Waals surface area contributed by atoms with Gasteiger partial charge in [-0.3, -0.25) is 0 Å². The van der Waals surface area contributed by atoms with E-state index in [-0.39, 0.29) is 5.41 Å². The van der Waals surface area contributed by atoms with E-state index in [0.717, 1.165) is 30.4 Å². The summed E-state index contributed by atoms with van der Waals surface area (Å²) in [7, 11) is 1.66. The van der Waals surface area contributed by atoms with Crippen molar-refractivity contribution in [3.63, 3.8) is 0 Å². The van der Waals surface area contributed by atoms with E-state index in [9.17, 15) is 4.79 Å². The molecule has 0 fully saturated rings. The molecule has 22 heavy (non-hydrogen) atoms. The van der Waals surface area contributed by atoms with Gasteiger partial charge in [0, 0.05) is 18.4 Å². The number of ether oxygens (including phenoxy) is 1. The highest BCUT2D eigenvalue weighted by Gasteiger charge is 2.31. The van der Waals surface area contributed by atoms with E-state index >= 15 is 0 Å². The number of benzene rings is 2. The van der Waals surface area contributed by atoms with E-state index in [4.69, 9.17) is 10.5 Å². The first-order valence-corrected chi connectivity index (χ1v) is 7.56. The van der Waals surface area contributed by atoms with Crippen molar-refractivity contribution in [3.8, 4) is 5.75 Å². The number of hydrogen-bond donors (Lipinski definition) is 1. The van der Waals surface area contributed by atoms with Crippen molar-refractivity contribution in [1.29, 1.82) is 0 Å². The molecule has 0 saturated carbocycles. The van der Waals surface area contributed by atoms with E-state index in [1.54, 1.807) is 7.11 Å².